The van der Waals surface area contributed by atoms with Crippen molar-refractivity contribution in [3.63, 3.8) is 0 Å². The normalized spacial score (nSPS) is 26.0. The van der Waals surface area contributed by atoms with Crippen LogP contribution in [-0.4, -0.2) is 10.9 Å². The summed E-state index contributed by atoms with van der Waals surface area (Å²) in [5.74, 6) is 1.99. The molecule has 1 aromatic heterocycles. The first-order valence-electron chi connectivity index (χ1n) is 11.1. The van der Waals surface area contributed by atoms with Crippen LogP contribution >= 0.6 is 11.6 Å². The fourth-order valence-corrected chi connectivity index (χ4v) is 5.95. The van der Waals surface area contributed by atoms with Gasteiger partial charge in [0.15, 0.2) is 0 Å². The van der Waals surface area contributed by atoms with Gasteiger partial charge in [-0.15, -0.1) is 0 Å². The lowest BCUT2D eigenvalue weighted by molar-refractivity contribution is -0.120. The molecule has 3 aromatic rings. The Hall–Kier alpha value is -2.46. The highest BCUT2D eigenvalue weighted by Crippen LogP contribution is 2.54. The van der Waals surface area contributed by atoms with Crippen LogP contribution in [0.5, 0.6) is 0 Å². The van der Waals surface area contributed by atoms with E-state index in [4.69, 9.17) is 11.6 Å². The van der Waals surface area contributed by atoms with E-state index in [0.29, 0.717) is 28.7 Å². The summed E-state index contributed by atoms with van der Waals surface area (Å²) in [7, 11) is 0. The average Bonchev–Trinajstić information content (AvgIpc) is 3.33. The zero-order chi connectivity index (χ0) is 21.5. The van der Waals surface area contributed by atoms with Crippen LogP contribution in [0.1, 0.15) is 44.1 Å². The molecule has 160 valence electrons. The van der Waals surface area contributed by atoms with Gasteiger partial charge in [0.25, 0.3) is 0 Å². The number of halogens is 2. The van der Waals surface area contributed by atoms with E-state index in [1.165, 1.54) is 11.6 Å². The first kappa shape index (κ1) is 20.4. The van der Waals surface area contributed by atoms with E-state index in [-0.39, 0.29) is 17.6 Å². The number of fused-ring (bicyclic) bond motifs is 2. The van der Waals surface area contributed by atoms with E-state index in [1.807, 2.05) is 25.3 Å². The number of carbonyl (C=O) groups excluding carboxylic acids is 1. The van der Waals surface area contributed by atoms with Gasteiger partial charge in [0, 0.05) is 28.2 Å². The molecule has 5 atom stereocenters. The third-order valence-corrected chi connectivity index (χ3v) is 7.71. The highest BCUT2D eigenvalue weighted by atomic mass is 35.5. The summed E-state index contributed by atoms with van der Waals surface area (Å²) < 4.78 is 13.9. The van der Waals surface area contributed by atoms with Gasteiger partial charge in [-0.2, -0.15) is 0 Å². The van der Waals surface area contributed by atoms with Gasteiger partial charge in [0.1, 0.15) is 5.82 Å². The van der Waals surface area contributed by atoms with Crippen LogP contribution in [0, 0.1) is 29.5 Å². The van der Waals surface area contributed by atoms with Crippen LogP contribution in [0.15, 0.2) is 54.7 Å². The molecular weight excluding hydrogens is 411 g/mol. The van der Waals surface area contributed by atoms with Gasteiger partial charge in [0.05, 0.1) is 5.52 Å². The van der Waals surface area contributed by atoms with E-state index in [0.717, 1.165) is 42.3 Å². The van der Waals surface area contributed by atoms with Crippen molar-refractivity contribution in [3.05, 3.63) is 71.1 Å². The number of nitrogens with one attached hydrogen (secondary N) is 1. The zero-order valence-electron chi connectivity index (χ0n) is 17.5. The molecule has 2 fully saturated rings. The maximum absolute atomic E-state index is 13.9. The second kappa shape index (κ2) is 8.23. The standard InChI is InChI=1S/C26H26ClFN2O/c1-15(26(31)30-22-5-2-20(27)3-6-22)16-10-17-12-19(13-18(17)11-16)23-8-9-29-25-7-4-21(28)14-24(23)25/h2-9,14-19H,10-13H2,1H3,(H,30,31)/t15-,16?,17-,18?,19+/m0/s1. The number of anilines is 1. The van der Waals surface area contributed by atoms with Crippen molar-refractivity contribution < 1.29 is 9.18 Å². The fourth-order valence-electron chi connectivity index (χ4n) is 5.82. The van der Waals surface area contributed by atoms with Crippen LogP contribution in [0.2, 0.25) is 5.02 Å². The molecular formula is C26H26ClFN2O. The van der Waals surface area contributed by atoms with Crippen molar-refractivity contribution in [2.75, 3.05) is 5.32 Å². The van der Waals surface area contributed by atoms with Gasteiger partial charge >= 0.3 is 0 Å². The minimum atomic E-state index is -0.208. The lowest BCUT2D eigenvalue weighted by atomic mass is 9.86. The lowest BCUT2D eigenvalue weighted by Crippen LogP contribution is -2.26. The quantitative estimate of drug-likeness (QED) is 0.487. The SMILES string of the molecule is C[C@H](C(=O)Nc1ccc(Cl)cc1)C1CC2C[C@H](c3ccnc4ccc(F)cc34)C[C@@H]2C1. The summed E-state index contributed by atoms with van der Waals surface area (Å²) in [6.45, 7) is 2.05. The molecule has 2 saturated carbocycles. The Bertz CT molecular complexity index is 1100. The minimum absolute atomic E-state index is 0.0180. The van der Waals surface area contributed by atoms with Crippen LogP contribution < -0.4 is 5.32 Å². The topological polar surface area (TPSA) is 42.0 Å². The van der Waals surface area contributed by atoms with E-state index >= 15 is 0 Å². The molecule has 3 nitrogen and oxygen atoms in total. The first-order chi connectivity index (χ1) is 15.0. The van der Waals surface area contributed by atoms with Crippen LogP contribution in [0.25, 0.3) is 10.9 Å². The highest BCUT2D eigenvalue weighted by molar-refractivity contribution is 6.30. The maximum Gasteiger partial charge on any atom is 0.227 e. The first-order valence-corrected chi connectivity index (χ1v) is 11.5. The second-order valence-electron chi connectivity index (χ2n) is 9.27. The predicted molar refractivity (Wildman–Crippen MR) is 123 cm³/mol. The number of hydrogen-bond donors (Lipinski definition) is 1. The maximum atomic E-state index is 13.9. The number of rotatable bonds is 4. The summed E-state index contributed by atoms with van der Waals surface area (Å²) in [4.78, 5) is 17.2. The van der Waals surface area contributed by atoms with Crippen molar-refractivity contribution in [1.29, 1.82) is 0 Å². The number of carbonyl (C=O) groups is 1. The molecule has 2 aliphatic carbocycles. The number of aromatic nitrogens is 1. The Morgan fingerprint density at radius 3 is 2.48 bits per heavy atom. The van der Waals surface area contributed by atoms with E-state index in [2.05, 4.69) is 16.4 Å². The fraction of sp³-hybridized carbons (Fsp3) is 0.385. The molecule has 1 N–H and O–H groups in total. The number of amides is 1. The van der Waals surface area contributed by atoms with Crippen molar-refractivity contribution in [1.82, 2.24) is 4.98 Å². The molecule has 2 aliphatic rings. The molecule has 0 bridgehead atoms. The van der Waals surface area contributed by atoms with Crippen molar-refractivity contribution >= 4 is 34.1 Å². The van der Waals surface area contributed by atoms with Crippen LogP contribution in [0.3, 0.4) is 0 Å². The Morgan fingerprint density at radius 1 is 1.06 bits per heavy atom. The third-order valence-electron chi connectivity index (χ3n) is 7.46. The zero-order valence-corrected chi connectivity index (χ0v) is 18.3. The third kappa shape index (κ3) is 4.06. The molecule has 0 saturated heterocycles. The number of pyridine rings is 1. The molecule has 5 rings (SSSR count). The second-order valence-corrected chi connectivity index (χ2v) is 9.70. The Labute approximate surface area is 187 Å². The summed E-state index contributed by atoms with van der Waals surface area (Å²) in [6.07, 6.45) is 6.25. The number of hydrogen-bond acceptors (Lipinski definition) is 2. The Balaban J connectivity index is 1.24. The van der Waals surface area contributed by atoms with Gasteiger partial charge in [0.2, 0.25) is 5.91 Å². The molecule has 1 amide bonds. The van der Waals surface area contributed by atoms with Gasteiger partial charge < -0.3 is 5.32 Å². The number of nitrogens with zero attached hydrogens (tertiary/aromatic N) is 1. The highest BCUT2D eigenvalue weighted by Gasteiger charge is 2.44. The van der Waals surface area contributed by atoms with Crippen LogP contribution in [0.4, 0.5) is 10.1 Å². The van der Waals surface area contributed by atoms with E-state index < -0.39 is 0 Å². The van der Waals surface area contributed by atoms with Gasteiger partial charge in [-0.1, -0.05) is 18.5 Å². The molecule has 2 unspecified atom stereocenters. The molecule has 0 aliphatic heterocycles. The molecule has 0 spiro atoms. The van der Waals surface area contributed by atoms with Crippen molar-refractivity contribution in [3.8, 4) is 0 Å². The van der Waals surface area contributed by atoms with Gasteiger partial charge in [-0.3, -0.25) is 9.78 Å². The Morgan fingerprint density at radius 2 is 1.77 bits per heavy atom. The molecule has 0 radical (unpaired) electrons. The predicted octanol–water partition coefficient (Wildman–Crippen LogP) is 6.82. The Kier molecular flexibility index (Phi) is 5.43. The molecule has 31 heavy (non-hydrogen) atoms. The van der Waals surface area contributed by atoms with E-state index in [9.17, 15) is 9.18 Å². The monoisotopic (exact) mass is 436 g/mol. The van der Waals surface area contributed by atoms with Crippen molar-refractivity contribution in [2.45, 2.75) is 38.5 Å². The molecule has 1 heterocycles. The van der Waals surface area contributed by atoms with Gasteiger partial charge in [-0.25, -0.2) is 4.39 Å². The minimum Gasteiger partial charge on any atom is -0.326 e. The van der Waals surface area contributed by atoms with Crippen molar-refractivity contribution in [2.24, 2.45) is 23.7 Å². The summed E-state index contributed by atoms with van der Waals surface area (Å²) in [5, 5.41) is 4.64. The summed E-state index contributed by atoms with van der Waals surface area (Å²) in [5.41, 5.74) is 2.88. The smallest absolute Gasteiger partial charge is 0.227 e. The largest absolute Gasteiger partial charge is 0.326 e. The van der Waals surface area contributed by atoms with Gasteiger partial charge in [-0.05, 0) is 103 Å². The summed E-state index contributed by atoms with van der Waals surface area (Å²) >= 11 is 5.93. The average molecular weight is 437 g/mol. The molecule has 5 heteroatoms. The summed E-state index contributed by atoms with van der Waals surface area (Å²) in [6, 6.07) is 14.2. The van der Waals surface area contributed by atoms with Crippen LogP contribution in [-0.2, 0) is 4.79 Å². The molecule has 2 aromatic carbocycles. The van der Waals surface area contributed by atoms with E-state index in [1.54, 1.807) is 24.3 Å². The lowest BCUT2D eigenvalue weighted by Gasteiger charge is -2.21. The number of benzene rings is 2.